The Bertz CT molecular complexity index is 880. The van der Waals surface area contributed by atoms with Crippen molar-refractivity contribution in [3.8, 4) is 11.5 Å². The molecule has 148 valence electrons. The van der Waals surface area contributed by atoms with Gasteiger partial charge in [-0.1, -0.05) is 26.0 Å². The predicted octanol–water partition coefficient (Wildman–Crippen LogP) is 3.68. The lowest BCUT2D eigenvalue weighted by Gasteiger charge is -2.09. The molecule has 2 N–H and O–H groups in total. The van der Waals surface area contributed by atoms with E-state index in [1.54, 1.807) is 31.4 Å². The predicted molar refractivity (Wildman–Crippen MR) is 112 cm³/mol. The van der Waals surface area contributed by atoms with Crippen LogP contribution < -0.4 is 20.2 Å². The molecular weight excluding hydrogens is 426 g/mol. The monoisotopic (exact) mass is 447 g/mol. The summed E-state index contributed by atoms with van der Waals surface area (Å²) in [6.07, 6.45) is 1.38. The van der Waals surface area contributed by atoms with Crippen molar-refractivity contribution in [2.45, 2.75) is 19.8 Å². The van der Waals surface area contributed by atoms with Crippen LogP contribution in [-0.4, -0.2) is 32.2 Å². The molecule has 0 radical (unpaired) electrons. The zero-order valence-corrected chi connectivity index (χ0v) is 17.7. The number of carbonyl (C=O) groups excluding carboxylic acids is 2. The molecule has 0 aromatic heterocycles. The second kappa shape index (κ2) is 9.89. The van der Waals surface area contributed by atoms with E-state index in [2.05, 4.69) is 45.6 Å². The standard InChI is InChI=1S/C20H22BrN3O4/c1-12(2)13-5-7-15(8-6-13)23-19(25)20(26)24-22-11-14-9-16(21)18(28-4)10-17(14)27-3/h5-12H,1-4H3,(H,23,25)(H,24,26)/b22-11-. The average Bonchev–Trinajstić information content (AvgIpc) is 2.68. The van der Waals surface area contributed by atoms with Gasteiger partial charge in [0.15, 0.2) is 0 Å². The van der Waals surface area contributed by atoms with E-state index in [0.717, 1.165) is 5.56 Å². The van der Waals surface area contributed by atoms with Crippen LogP contribution >= 0.6 is 15.9 Å². The SMILES string of the molecule is COc1cc(OC)c(/C=N\NC(=O)C(=O)Nc2ccc(C(C)C)cc2)cc1Br. The smallest absolute Gasteiger partial charge is 0.329 e. The summed E-state index contributed by atoms with van der Waals surface area (Å²) in [7, 11) is 3.05. The Morgan fingerprint density at radius 2 is 1.68 bits per heavy atom. The largest absolute Gasteiger partial charge is 0.496 e. The summed E-state index contributed by atoms with van der Waals surface area (Å²) < 4.78 is 11.2. The Labute approximate surface area is 172 Å². The number of anilines is 1. The summed E-state index contributed by atoms with van der Waals surface area (Å²) in [4.78, 5) is 23.9. The molecule has 0 fully saturated rings. The second-order valence-electron chi connectivity index (χ2n) is 6.16. The van der Waals surface area contributed by atoms with Gasteiger partial charge in [-0.15, -0.1) is 0 Å². The molecule has 0 aliphatic rings. The third-order valence-corrected chi connectivity index (χ3v) is 4.54. The Balaban J connectivity index is 1.99. The zero-order valence-electron chi connectivity index (χ0n) is 16.1. The van der Waals surface area contributed by atoms with E-state index >= 15 is 0 Å². The van der Waals surface area contributed by atoms with Crippen molar-refractivity contribution < 1.29 is 19.1 Å². The highest BCUT2D eigenvalue weighted by Gasteiger charge is 2.13. The first-order chi connectivity index (χ1) is 13.3. The van der Waals surface area contributed by atoms with Crippen LogP contribution in [0.2, 0.25) is 0 Å². The summed E-state index contributed by atoms with van der Waals surface area (Å²) >= 11 is 3.37. The van der Waals surface area contributed by atoms with Gasteiger partial charge in [0.2, 0.25) is 0 Å². The number of amides is 2. The highest BCUT2D eigenvalue weighted by molar-refractivity contribution is 9.10. The molecule has 28 heavy (non-hydrogen) atoms. The number of hydrogen-bond donors (Lipinski definition) is 2. The average molecular weight is 448 g/mol. The fourth-order valence-corrected chi connectivity index (χ4v) is 2.86. The van der Waals surface area contributed by atoms with Crippen LogP contribution in [0.25, 0.3) is 0 Å². The number of ether oxygens (including phenoxy) is 2. The highest BCUT2D eigenvalue weighted by atomic mass is 79.9. The van der Waals surface area contributed by atoms with E-state index < -0.39 is 11.8 Å². The molecule has 2 aromatic carbocycles. The molecule has 2 amide bonds. The van der Waals surface area contributed by atoms with Crippen molar-refractivity contribution in [2.75, 3.05) is 19.5 Å². The maximum atomic E-state index is 12.0. The normalized spacial score (nSPS) is 10.8. The first-order valence-corrected chi connectivity index (χ1v) is 9.30. The number of nitrogens with zero attached hydrogens (tertiary/aromatic N) is 1. The lowest BCUT2D eigenvalue weighted by atomic mass is 10.0. The van der Waals surface area contributed by atoms with Crippen LogP contribution in [0.4, 0.5) is 5.69 Å². The van der Waals surface area contributed by atoms with Crippen LogP contribution in [0.1, 0.15) is 30.9 Å². The summed E-state index contributed by atoms with van der Waals surface area (Å²) in [5.74, 6) is -0.195. The van der Waals surface area contributed by atoms with Gasteiger partial charge in [0.05, 0.1) is 24.9 Å². The summed E-state index contributed by atoms with van der Waals surface area (Å²) in [6.45, 7) is 4.16. The second-order valence-corrected chi connectivity index (χ2v) is 7.01. The molecule has 0 atom stereocenters. The molecule has 0 saturated heterocycles. The van der Waals surface area contributed by atoms with E-state index in [1.165, 1.54) is 13.3 Å². The van der Waals surface area contributed by atoms with E-state index in [0.29, 0.717) is 33.1 Å². The molecule has 0 aliphatic heterocycles. The van der Waals surface area contributed by atoms with Gasteiger partial charge in [0.1, 0.15) is 11.5 Å². The molecule has 2 rings (SSSR count). The summed E-state index contributed by atoms with van der Waals surface area (Å²) in [6, 6.07) is 10.7. The molecule has 0 bridgehead atoms. The van der Waals surface area contributed by atoms with Gasteiger partial charge in [0.25, 0.3) is 0 Å². The van der Waals surface area contributed by atoms with Gasteiger partial charge in [-0.3, -0.25) is 9.59 Å². The van der Waals surface area contributed by atoms with E-state index in [9.17, 15) is 9.59 Å². The minimum Gasteiger partial charge on any atom is -0.496 e. The van der Waals surface area contributed by atoms with Gasteiger partial charge in [0, 0.05) is 17.3 Å². The molecule has 2 aromatic rings. The van der Waals surface area contributed by atoms with Gasteiger partial charge in [-0.25, -0.2) is 5.43 Å². The Morgan fingerprint density at radius 3 is 2.25 bits per heavy atom. The Hall–Kier alpha value is -2.87. The molecule has 8 heteroatoms. The number of nitrogens with one attached hydrogen (secondary N) is 2. The highest BCUT2D eigenvalue weighted by Crippen LogP contribution is 2.31. The molecule has 7 nitrogen and oxygen atoms in total. The van der Waals surface area contributed by atoms with Crippen molar-refractivity contribution >= 4 is 39.6 Å². The van der Waals surface area contributed by atoms with Crippen LogP contribution in [0.3, 0.4) is 0 Å². The van der Waals surface area contributed by atoms with Crippen LogP contribution in [-0.2, 0) is 9.59 Å². The Morgan fingerprint density at radius 1 is 1.04 bits per heavy atom. The number of rotatable bonds is 6. The number of methoxy groups -OCH3 is 2. The molecule has 0 saturated carbocycles. The van der Waals surface area contributed by atoms with Crippen molar-refractivity contribution in [2.24, 2.45) is 5.10 Å². The first-order valence-electron chi connectivity index (χ1n) is 8.51. The van der Waals surface area contributed by atoms with Crippen molar-refractivity contribution in [3.05, 3.63) is 52.0 Å². The van der Waals surface area contributed by atoms with Gasteiger partial charge < -0.3 is 14.8 Å². The van der Waals surface area contributed by atoms with Crippen LogP contribution in [0, 0.1) is 0 Å². The fourth-order valence-electron chi connectivity index (χ4n) is 2.33. The van der Waals surface area contributed by atoms with Crippen LogP contribution in [0.15, 0.2) is 46.0 Å². The van der Waals surface area contributed by atoms with Crippen molar-refractivity contribution in [1.29, 1.82) is 0 Å². The third-order valence-electron chi connectivity index (χ3n) is 3.92. The maximum Gasteiger partial charge on any atom is 0.329 e. The Kier molecular flexibility index (Phi) is 7.57. The van der Waals surface area contributed by atoms with Crippen molar-refractivity contribution in [1.82, 2.24) is 5.43 Å². The molecule has 0 heterocycles. The quantitative estimate of drug-likeness (QED) is 0.401. The van der Waals surface area contributed by atoms with Gasteiger partial charge >= 0.3 is 11.8 Å². The number of hydrazone groups is 1. The third kappa shape index (κ3) is 5.56. The minimum absolute atomic E-state index is 0.386. The fraction of sp³-hybridized carbons (Fsp3) is 0.250. The van der Waals surface area contributed by atoms with E-state index in [4.69, 9.17) is 9.47 Å². The molecule has 0 unspecified atom stereocenters. The molecule has 0 aliphatic carbocycles. The van der Waals surface area contributed by atoms with Gasteiger partial charge in [-0.05, 0) is 45.6 Å². The summed E-state index contributed by atoms with van der Waals surface area (Å²) in [5, 5.41) is 6.35. The number of benzene rings is 2. The topological polar surface area (TPSA) is 89.0 Å². The minimum atomic E-state index is -0.879. The zero-order chi connectivity index (χ0) is 20.7. The van der Waals surface area contributed by atoms with Crippen molar-refractivity contribution in [3.63, 3.8) is 0 Å². The van der Waals surface area contributed by atoms with E-state index in [1.807, 2.05) is 12.1 Å². The maximum absolute atomic E-state index is 12.0. The number of carbonyl (C=O) groups is 2. The number of hydrogen-bond acceptors (Lipinski definition) is 5. The number of halogens is 1. The lowest BCUT2D eigenvalue weighted by molar-refractivity contribution is -0.136. The van der Waals surface area contributed by atoms with Crippen LogP contribution in [0.5, 0.6) is 11.5 Å². The lowest BCUT2D eigenvalue weighted by Crippen LogP contribution is -2.32. The molecule has 0 spiro atoms. The first kappa shape index (κ1) is 21.4. The van der Waals surface area contributed by atoms with E-state index in [-0.39, 0.29) is 0 Å². The summed E-state index contributed by atoms with van der Waals surface area (Å²) in [5.41, 5.74) is 4.48. The van der Waals surface area contributed by atoms with Gasteiger partial charge in [-0.2, -0.15) is 5.10 Å². The molecular formula is C20H22BrN3O4.